The number of aromatic amines is 1. The van der Waals surface area contributed by atoms with Gasteiger partial charge in [0.05, 0.1) is 5.57 Å². The molecule has 0 aliphatic rings. The van der Waals surface area contributed by atoms with E-state index in [0.29, 0.717) is 0 Å². The zero-order valence-corrected chi connectivity index (χ0v) is 12.8. The SMILES string of the molecule is CN(C)C=C(C=[N+](C)C)c1ncc[nH]1.F[P-](F)(F)(F)(F)F. The van der Waals surface area contributed by atoms with Crippen molar-refractivity contribution in [2.75, 3.05) is 28.2 Å². The van der Waals surface area contributed by atoms with Crippen LogP contribution < -0.4 is 0 Å². The van der Waals surface area contributed by atoms with Gasteiger partial charge in [0.15, 0.2) is 6.21 Å². The van der Waals surface area contributed by atoms with Crippen LogP contribution in [0.1, 0.15) is 5.82 Å². The Labute approximate surface area is 118 Å². The first kappa shape index (κ1) is 19.4. The summed E-state index contributed by atoms with van der Waals surface area (Å²) in [5, 5.41) is 0. The van der Waals surface area contributed by atoms with Gasteiger partial charge in [-0.2, -0.15) is 0 Å². The summed E-state index contributed by atoms with van der Waals surface area (Å²) in [4.78, 5) is 9.30. The number of halogens is 6. The second kappa shape index (κ2) is 5.67. The van der Waals surface area contributed by atoms with E-state index in [1.54, 1.807) is 6.20 Å². The second-order valence-electron chi connectivity index (χ2n) is 4.54. The Hall–Kier alpha value is -1.57. The topological polar surface area (TPSA) is 34.9 Å². The molecule has 1 aromatic rings. The van der Waals surface area contributed by atoms with E-state index in [0.717, 1.165) is 11.4 Å². The van der Waals surface area contributed by atoms with Crippen LogP contribution >= 0.6 is 7.81 Å². The number of hydrogen-bond donors (Lipinski definition) is 1. The van der Waals surface area contributed by atoms with Crippen LogP contribution in [0.3, 0.4) is 0 Å². The van der Waals surface area contributed by atoms with Gasteiger partial charge in [0.2, 0.25) is 0 Å². The number of nitrogens with zero attached hydrogens (tertiary/aromatic N) is 3. The molecule has 0 aromatic carbocycles. The summed E-state index contributed by atoms with van der Waals surface area (Å²) in [5.74, 6) is 0.882. The predicted octanol–water partition coefficient (Wildman–Crippen LogP) is 4.04. The molecule has 0 radical (unpaired) electrons. The molecule has 21 heavy (non-hydrogen) atoms. The number of rotatable bonds is 3. The molecule has 0 fully saturated rings. The number of allylic oxidation sites excluding steroid dienone is 1. The van der Waals surface area contributed by atoms with Crippen LogP contribution in [0.15, 0.2) is 18.6 Å². The van der Waals surface area contributed by atoms with Crippen molar-refractivity contribution in [2.45, 2.75) is 0 Å². The molecule has 1 aromatic heterocycles. The minimum absolute atomic E-state index is 0.882. The van der Waals surface area contributed by atoms with Crippen molar-refractivity contribution in [1.29, 1.82) is 0 Å². The Morgan fingerprint density at radius 1 is 1.19 bits per heavy atom. The van der Waals surface area contributed by atoms with Crippen LogP contribution in [0.5, 0.6) is 0 Å². The van der Waals surface area contributed by atoms with Crippen molar-refractivity contribution in [2.24, 2.45) is 0 Å². The normalized spacial score (nSPS) is 15.2. The summed E-state index contributed by atoms with van der Waals surface area (Å²) >= 11 is 0. The first-order chi connectivity index (χ1) is 9.04. The Balaban J connectivity index is 0.000000486. The number of hydrogen-bond acceptors (Lipinski definition) is 2. The molecule has 0 amide bonds. The molecule has 11 heteroatoms. The summed E-state index contributed by atoms with van der Waals surface area (Å²) in [6, 6.07) is 0. The van der Waals surface area contributed by atoms with Crippen molar-refractivity contribution in [1.82, 2.24) is 14.9 Å². The summed E-state index contributed by atoms with van der Waals surface area (Å²) in [5.41, 5.74) is 1.06. The molecule has 0 aliphatic heterocycles. The summed E-state index contributed by atoms with van der Waals surface area (Å²) in [6.07, 6.45) is 7.63. The average molecular weight is 338 g/mol. The molecule has 1 rings (SSSR count). The van der Waals surface area contributed by atoms with Crippen molar-refractivity contribution in [3.63, 3.8) is 0 Å². The minimum atomic E-state index is -10.7. The fourth-order valence-electron chi connectivity index (χ4n) is 1.14. The van der Waals surface area contributed by atoms with Gasteiger partial charge >= 0.3 is 33.0 Å². The van der Waals surface area contributed by atoms with Gasteiger partial charge < -0.3 is 9.88 Å². The molecule has 4 nitrogen and oxygen atoms in total. The average Bonchev–Trinajstić information content (AvgIpc) is 2.61. The Morgan fingerprint density at radius 2 is 1.67 bits per heavy atom. The van der Waals surface area contributed by atoms with Gasteiger partial charge in [-0.3, -0.25) is 0 Å². The predicted molar refractivity (Wildman–Crippen MR) is 72.0 cm³/mol. The Bertz CT molecular complexity index is 499. The molecular formula is C10H17F6N4P. The molecule has 0 bridgehead atoms. The number of aromatic nitrogens is 2. The summed E-state index contributed by atoms with van der Waals surface area (Å²) in [6.45, 7) is 0. The molecule has 0 spiro atoms. The number of nitrogens with one attached hydrogen (secondary N) is 1. The number of imidazole rings is 1. The van der Waals surface area contributed by atoms with Gasteiger partial charge in [0.1, 0.15) is 19.9 Å². The first-order valence-electron chi connectivity index (χ1n) is 5.50. The Kier molecular flexibility index (Phi) is 5.24. The summed E-state index contributed by atoms with van der Waals surface area (Å²) in [7, 11) is -2.69. The molecule has 0 saturated heterocycles. The van der Waals surface area contributed by atoms with Crippen LogP contribution in [0.25, 0.3) is 5.57 Å². The van der Waals surface area contributed by atoms with Gasteiger partial charge in [-0.15, -0.1) is 0 Å². The molecule has 1 heterocycles. The summed E-state index contributed by atoms with van der Waals surface area (Å²) < 4.78 is 61.2. The van der Waals surface area contributed by atoms with E-state index in [4.69, 9.17) is 0 Å². The molecule has 0 aliphatic carbocycles. The van der Waals surface area contributed by atoms with E-state index in [-0.39, 0.29) is 0 Å². The zero-order chi connectivity index (χ0) is 17.0. The van der Waals surface area contributed by atoms with Crippen LogP contribution in [-0.4, -0.2) is 53.8 Å². The van der Waals surface area contributed by atoms with Crippen LogP contribution in [-0.2, 0) is 0 Å². The van der Waals surface area contributed by atoms with Gasteiger partial charge in [0, 0.05) is 32.7 Å². The van der Waals surface area contributed by atoms with E-state index in [1.807, 2.05) is 56.3 Å². The molecular weight excluding hydrogens is 321 g/mol. The zero-order valence-electron chi connectivity index (χ0n) is 11.9. The monoisotopic (exact) mass is 338 g/mol. The van der Waals surface area contributed by atoms with Gasteiger partial charge in [-0.1, -0.05) is 0 Å². The third kappa shape index (κ3) is 16.4. The third-order valence-electron chi connectivity index (χ3n) is 1.57. The van der Waals surface area contributed by atoms with Crippen LogP contribution in [0, 0.1) is 0 Å². The van der Waals surface area contributed by atoms with Gasteiger partial charge in [0.25, 0.3) is 0 Å². The van der Waals surface area contributed by atoms with Gasteiger partial charge in [-0.05, 0) is 0 Å². The molecule has 0 saturated carbocycles. The van der Waals surface area contributed by atoms with E-state index >= 15 is 0 Å². The second-order valence-corrected chi connectivity index (χ2v) is 6.45. The van der Waals surface area contributed by atoms with Crippen LogP contribution in [0.4, 0.5) is 25.2 Å². The third-order valence-corrected chi connectivity index (χ3v) is 1.57. The van der Waals surface area contributed by atoms with Crippen molar-refractivity contribution < 1.29 is 29.8 Å². The Morgan fingerprint density at radius 3 is 1.95 bits per heavy atom. The van der Waals surface area contributed by atoms with E-state index in [9.17, 15) is 25.2 Å². The molecule has 0 atom stereocenters. The maximum absolute atomic E-state index is 10.7. The van der Waals surface area contributed by atoms with Crippen molar-refractivity contribution in [3.8, 4) is 0 Å². The number of H-pyrrole nitrogens is 1. The van der Waals surface area contributed by atoms with Crippen molar-refractivity contribution >= 4 is 19.6 Å². The maximum atomic E-state index is 9.87. The molecule has 1 N–H and O–H groups in total. The first-order valence-corrected chi connectivity index (χ1v) is 7.53. The van der Waals surface area contributed by atoms with Gasteiger partial charge in [-0.25, -0.2) is 9.56 Å². The van der Waals surface area contributed by atoms with E-state index < -0.39 is 7.81 Å². The van der Waals surface area contributed by atoms with E-state index in [1.165, 1.54) is 0 Å². The standard InChI is InChI=1S/C10H17N4.F6P/c1-13(2)7-9(8-14(3)4)10-11-5-6-12-10;1-7(2,3,4,5)6/h5-8H,1-4H3,(H,11,12);/q+1;-1. The fourth-order valence-corrected chi connectivity index (χ4v) is 1.14. The quantitative estimate of drug-likeness (QED) is 0.391. The van der Waals surface area contributed by atoms with E-state index in [2.05, 4.69) is 9.97 Å². The molecule has 124 valence electrons. The van der Waals surface area contributed by atoms with Crippen molar-refractivity contribution in [3.05, 3.63) is 24.4 Å². The molecule has 0 unspecified atom stereocenters. The van der Waals surface area contributed by atoms with Crippen LogP contribution in [0.2, 0.25) is 0 Å². The fraction of sp³-hybridized carbons (Fsp3) is 0.400.